The third kappa shape index (κ3) is 7.43. The van der Waals surface area contributed by atoms with Gasteiger partial charge in [0.25, 0.3) is 0 Å². The Morgan fingerprint density at radius 2 is 2.05 bits per heavy atom. The first-order valence-corrected chi connectivity index (χ1v) is 6.40. The minimum atomic E-state index is -0.0645. The average Bonchev–Trinajstić information content (AvgIpc) is 2.42. The van der Waals surface area contributed by atoms with Crippen LogP contribution >= 0.6 is 0 Å². The molecule has 0 fully saturated rings. The number of hydrogen-bond donors (Lipinski definition) is 2. The summed E-state index contributed by atoms with van der Waals surface area (Å²) in [5, 5.41) is 5.79. The highest BCUT2D eigenvalue weighted by atomic mass is 16.5. The van der Waals surface area contributed by atoms with Crippen molar-refractivity contribution in [3.63, 3.8) is 0 Å². The van der Waals surface area contributed by atoms with E-state index in [2.05, 4.69) is 10.6 Å². The van der Waals surface area contributed by atoms with Crippen molar-refractivity contribution >= 4 is 5.91 Å². The number of amides is 1. The van der Waals surface area contributed by atoms with E-state index in [1.807, 2.05) is 37.3 Å². The second kappa shape index (κ2) is 9.35. The van der Waals surface area contributed by atoms with Crippen LogP contribution in [0.5, 0.6) is 5.75 Å². The molecule has 0 aliphatic heterocycles. The molecule has 0 heterocycles. The number of benzene rings is 1. The lowest BCUT2D eigenvalue weighted by Crippen LogP contribution is -2.39. The Bertz CT molecular complexity index is 357. The summed E-state index contributed by atoms with van der Waals surface area (Å²) in [7, 11) is 1.63. The zero-order valence-electron chi connectivity index (χ0n) is 11.5. The number of ether oxygens (including phenoxy) is 2. The van der Waals surface area contributed by atoms with Crippen LogP contribution in [0.2, 0.25) is 0 Å². The normalized spacial score (nSPS) is 11.9. The van der Waals surface area contributed by atoms with Gasteiger partial charge in [0.2, 0.25) is 5.91 Å². The van der Waals surface area contributed by atoms with Crippen molar-refractivity contribution in [1.82, 2.24) is 10.6 Å². The van der Waals surface area contributed by atoms with Gasteiger partial charge in [-0.3, -0.25) is 4.79 Å². The fraction of sp³-hybridized carbons (Fsp3) is 0.500. The van der Waals surface area contributed by atoms with Gasteiger partial charge in [0, 0.05) is 13.7 Å². The third-order valence-corrected chi connectivity index (χ3v) is 2.44. The van der Waals surface area contributed by atoms with Gasteiger partial charge in [0.15, 0.2) is 0 Å². The number of rotatable bonds is 9. The molecule has 0 aliphatic carbocycles. The fourth-order valence-electron chi connectivity index (χ4n) is 1.47. The number of hydrogen-bond acceptors (Lipinski definition) is 4. The van der Waals surface area contributed by atoms with Crippen LogP contribution in [-0.4, -0.2) is 45.4 Å². The van der Waals surface area contributed by atoms with Gasteiger partial charge in [0.1, 0.15) is 11.9 Å². The van der Waals surface area contributed by atoms with Crippen molar-refractivity contribution in [2.45, 2.75) is 13.0 Å². The lowest BCUT2D eigenvalue weighted by atomic mass is 10.3. The summed E-state index contributed by atoms with van der Waals surface area (Å²) >= 11 is 0. The summed E-state index contributed by atoms with van der Waals surface area (Å²) in [5.74, 6) is 0.766. The van der Waals surface area contributed by atoms with Crippen LogP contribution < -0.4 is 15.4 Å². The molecular weight excluding hydrogens is 244 g/mol. The number of para-hydroxylation sites is 1. The monoisotopic (exact) mass is 266 g/mol. The predicted octanol–water partition coefficient (Wildman–Crippen LogP) is 0.806. The topological polar surface area (TPSA) is 59.6 Å². The zero-order chi connectivity index (χ0) is 13.9. The molecule has 19 heavy (non-hydrogen) atoms. The van der Waals surface area contributed by atoms with Gasteiger partial charge in [-0.2, -0.15) is 0 Å². The molecular formula is C14H22N2O3. The van der Waals surface area contributed by atoms with Gasteiger partial charge in [0.05, 0.1) is 19.7 Å². The molecule has 0 saturated carbocycles. The van der Waals surface area contributed by atoms with Crippen molar-refractivity contribution in [2.24, 2.45) is 0 Å². The zero-order valence-corrected chi connectivity index (χ0v) is 11.5. The highest BCUT2D eigenvalue weighted by Gasteiger charge is 2.06. The van der Waals surface area contributed by atoms with E-state index in [0.29, 0.717) is 26.2 Å². The van der Waals surface area contributed by atoms with E-state index in [0.717, 1.165) is 5.75 Å². The van der Waals surface area contributed by atoms with Gasteiger partial charge < -0.3 is 20.1 Å². The number of carbonyl (C=O) groups excluding carboxylic acids is 1. The van der Waals surface area contributed by atoms with Crippen LogP contribution in [0, 0.1) is 0 Å². The summed E-state index contributed by atoms with van der Waals surface area (Å²) < 4.78 is 10.5. The van der Waals surface area contributed by atoms with Gasteiger partial charge >= 0.3 is 0 Å². The predicted molar refractivity (Wildman–Crippen MR) is 74.3 cm³/mol. The molecule has 0 saturated heterocycles. The Morgan fingerprint density at radius 1 is 1.32 bits per heavy atom. The average molecular weight is 266 g/mol. The van der Waals surface area contributed by atoms with Crippen LogP contribution in [-0.2, 0) is 9.53 Å². The molecule has 5 nitrogen and oxygen atoms in total. The minimum absolute atomic E-state index is 0.0420. The lowest BCUT2D eigenvalue weighted by Gasteiger charge is -2.15. The smallest absolute Gasteiger partial charge is 0.234 e. The maximum Gasteiger partial charge on any atom is 0.234 e. The van der Waals surface area contributed by atoms with Crippen LogP contribution in [0.4, 0.5) is 0 Å². The maximum absolute atomic E-state index is 11.5. The molecule has 0 bridgehead atoms. The Balaban J connectivity index is 2.12. The summed E-state index contributed by atoms with van der Waals surface area (Å²) in [6.07, 6.45) is -0.0645. The molecule has 0 aromatic heterocycles. The van der Waals surface area contributed by atoms with E-state index in [4.69, 9.17) is 9.47 Å². The van der Waals surface area contributed by atoms with Crippen LogP contribution in [0.1, 0.15) is 6.92 Å². The summed E-state index contributed by atoms with van der Waals surface area (Å²) in [6, 6.07) is 9.56. The summed E-state index contributed by atoms with van der Waals surface area (Å²) in [6.45, 7) is 3.97. The molecule has 5 heteroatoms. The maximum atomic E-state index is 11.5. The molecule has 1 amide bonds. The van der Waals surface area contributed by atoms with Crippen LogP contribution in [0.3, 0.4) is 0 Å². The molecule has 1 aromatic carbocycles. The Labute approximate surface area is 114 Å². The van der Waals surface area contributed by atoms with Gasteiger partial charge in [-0.1, -0.05) is 18.2 Å². The summed E-state index contributed by atoms with van der Waals surface area (Å²) in [4.78, 5) is 11.5. The largest absolute Gasteiger partial charge is 0.489 e. The molecule has 1 aromatic rings. The molecule has 1 rings (SSSR count). The third-order valence-electron chi connectivity index (χ3n) is 2.44. The number of carbonyl (C=O) groups is 1. The molecule has 0 radical (unpaired) electrons. The molecule has 1 unspecified atom stereocenters. The minimum Gasteiger partial charge on any atom is -0.489 e. The molecule has 0 spiro atoms. The standard InChI is InChI=1S/C14H22N2O3/c1-12(19-13-6-4-3-5-7-13)10-16-14(17)11-15-8-9-18-2/h3-7,12,15H,8-11H2,1-2H3,(H,16,17). The highest BCUT2D eigenvalue weighted by Crippen LogP contribution is 2.10. The summed E-state index contributed by atoms with van der Waals surface area (Å²) in [5.41, 5.74) is 0. The molecule has 1 atom stereocenters. The van der Waals surface area contributed by atoms with Crippen molar-refractivity contribution in [1.29, 1.82) is 0 Å². The van der Waals surface area contributed by atoms with E-state index in [9.17, 15) is 4.79 Å². The van der Waals surface area contributed by atoms with E-state index in [1.165, 1.54) is 0 Å². The highest BCUT2D eigenvalue weighted by molar-refractivity contribution is 5.77. The Kier molecular flexibility index (Phi) is 7.62. The SMILES string of the molecule is COCCNCC(=O)NCC(C)Oc1ccccc1. The second-order valence-electron chi connectivity index (χ2n) is 4.22. The van der Waals surface area contributed by atoms with Crippen molar-refractivity contribution < 1.29 is 14.3 Å². The van der Waals surface area contributed by atoms with E-state index < -0.39 is 0 Å². The quantitative estimate of drug-likeness (QED) is 0.649. The van der Waals surface area contributed by atoms with Crippen molar-refractivity contribution in [3.8, 4) is 5.75 Å². The first-order chi connectivity index (χ1) is 9.22. The molecule has 106 valence electrons. The Morgan fingerprint density at radius 3 is 2.74 bits per heavy atom. The van der Waals surface area contributed by atoms with Crippen LogP contribution in [0.25, 0.3) is 0 Å². The first kappa shape index (κ1) is 15.5. The number of methoxy groups -OCH3 is 1. The second-order valence-corrected chi connectivity index (χ2v) is 4.22. The van der Waals surface area contributed by atoms with E-state index >= 15 is 0 Å². The number of nitrogens with one attached hydrogen (secondary N) is 2. The van der Waals surface area contributed by atoms with Gasteiger partial charge in [-0.05, 0) is 19.1 Å². The first-order valence-electron chi connectivity index (χ1n) is 6.40. The van der Waals surface area contributed by atoms with Gasteiger partial charge in [-0.25, -0.2) is 0 Å². The lowest BCUT2D eigenvalue weighted by molar-refractivity contribution is -0.120. The van der Waals surface area contributed by atoms with Gasteiger partial charge in [-0.15, -0.1) is 0 Å². The fourth-order valence-corrected chi connectivity index (χ4v) is 1.47. The van der Waals surface area contributed by atoms with E-state index in [-0.39, 0.29) is 12.0 Å². The van der Waals surface area contributed by atoms with Crippen molar-refractivity contribution in [2.75, 3.05) is 33.4 Å². The Hall–Kier alpha value is -1.59. The van der Waals surface area contributed by atoms with Crippen LogP contribution in [0.15, 0.2) is 30.3 Å². The molecule has 2 N–H and O–H groups in total. The van der Waals surface area contributed by atoms with E-state index in [1.54, 1.807) is 7.11 Å². The van der Waals surface area contributed by atoms with Crippen molar-refractivity contribution in [3.05, 3.63) is 30.3 Å². The molecule has 0 aliphatic rings.